The summed E-state index contributed by atoms with van der Waals surface area (Å²) in [6.07, 6.45) is 3.68. The number of carboxylic acid groups (broad SMARTS) is 1. The number of rotatable bonds is 2. The first kappa shape index (κ1) is 14.6. The fourth-order valence-corrected chi connectivity index (χ4v) is 3.97. The van der Waals surface area contributed by atoms with Crippen LogP contribution in [0.3, 0.4) is 0 Å². The molecule has 1 N–H and O–H groups in total. The van der Waals surface area contributed by atoms with E-state index >= 15 is 0 Å². The molecule has 0 amide bonds. The largest absolute Gasteiger partial charge is 0.481 e. The Labute approximate surface area is 127 Å². The van der Waals surface area contributed by atoms with E-state index in [9.17, 15) is 9.90 Å². The Morgan fingerprint density at radius 3 is 2.67 bits per heavy atom. The molecule has 3 heteroatoms. The molecule has 1 aliphatic carbocycles. The van der Waals surface area contributed by atoms with Crippen LogP contribution in [0, 0.1) is 11.8 Å². The number of carboxylic acids is 1. The van der Waals surface area contributed by atoms with Crippen LogP contribution in [0.15, 0.2) is 24.3 Å². The number of hydrogen-bond donors (Lipinski definition) is 1. The predicted molar refractivity (Wildman–Crippen MR) is 83.2 cm³/mol. The normalized spacial score (nSPS) is 33.4. The molecule has 114 valence electrons. The summed E-state index contributed by atoms with van der Waals surface area (Å²) in [5.74, 6) is 0.478. The van der Waals surface area contributed by atoms with Crippen LogP contribution in [0.25, 0.3) is 0 Å². The zero-order chi connectivity index (χ0) is 15.0. The summed E-state index contributed by atoms with van der Waals surface area (Å²) in [5.41, 5.74) is 2.21. The third-order valence-corrected chi connectivity index (χ3v) is 5.61. The summed E-state index contributed by atoms with van der Waals surface area (Å²) in [5, 5.41) is 9.57. The Hall–Kier alpha value is -1.35. The van der Waals surface area contributed by atoms with Crippen molar-refractivity contribution in [3.05, 3.63) is 35.4 Å². The van der Waals surface area contributed by atoms with Gasteiger partial charge < -0.3 is 5.11 Å². The summed E-state index contributed by atoms with van der Waals surface area (Å²) in [6.45, 7) is 6.25. The van der Waals surface area contributed by atoms with Crippen molar-refractivity contribution in [2.45, 2.75) is 51.6 Å². The van der Waals surface area contributed by atoms with Crippen LogP contribution in [0.1, 0.15) is 50.2 Å². The lowest BCUT2D eigenvalue weighted by atomic mass is 9.77. The van der Waals surface area contributed by atoms with Crippen LogP contribution in [-0.4, -0.2) is 28.6 Å². The third kappa shape index (κ3) is 2.84. The summed E-state index contributed by atoms with van der Waals surface area (Å²) in [7, 11) is 0. The number of carbonyl (C=O) groups is 1. The summed E-state index contributed by atoms with van der Waals surface area (Å²) < 4.78 is 0. The highest BCUT2D eigenvalue weighted by Gasteiger charge is 2.35. The lowest BCUT2D eigenvalue weighted by Gasteiger charge is -2.42. The van der Waals surface area contributed by atoms with E-state index in [1.807, 2.05) is 18.2 Å². The van der Waals surface area contributed by atoms with Gasteiger partial charge in [-0.05, 0) is 42.2 Å². The Balaban J connectivity index is 1.82. The van der Waals surface area contributed by atoms with Gasteiger partial charge in [0, 0.05) is 19.1 Å². The predicted octanol–water partition coefficient (Wildman–Crippen LogP) is 3.50. The summed E-state index contributed by atoms with van der Waals surface area (Å²) >= 11 is 0. The van der Waals surface area contributed by atoms with Gasteiger partial charge in [-0.15, -0.1) is 0 Å². The van der Waals surface area contributed by atoms with E-state index in [4.69, 9.17) is 0 Å². The van der Waals surface area contributed by atoms with Crippen LogP contribution in [-0.2, 0) is 11.3 Å². The van der Waals surface area contributed by atoms with Gasteiger partial charge in [-0.2, -0.15) is 0 Å². The Morgan fingerprint density at radius 1 is 1.19 bits per heavy atom. The molecule has 0 bridgehead atoms. The number of nitrogens with zero attached hydrogens (tertiary/aromatic N) is 1. The second kappa shape index (κ2) is 5.80. The molecule has 3 rings (SSSR count). The van der Waals surface area contributed by atoms with Crippen LogP contribution >= 0.6 is 0 Å². The first-order chi connectivity index (χ1) is 10.1. The first-order valence-corrected chi connectivity index (χ1v) is 8.11. The van der Waals surface area contributed by atoms with Crippen molar-refractivity contribution in [2.75, 3.05) is 6.54 Å². The molecule has 2 aliphatic rings. The highest BCUT2D eigenvalue weighted by Crippen LogP contribution is 2.36. The quantitative estimate of drug-likeness (QED) is 0.905. The minimum absolute atomic E-state index is 0.371. The fraction of sp³-hybridized carbons (Fsp3) is 0.611. The molecule has 4 unspecified atom stereocenters. The van der Waals surface area contributed by atoms with Gasteiger partial charge in [-0.1, -0.05) is 38.1 Å². The van der Waals surface area contributed by atoms with Gasteiger partial charge in [0.15, 0.2) is 0 Å². The molecule has 0 aromatic heterocycles. The van der Waals surface area contributed by atoms with Crippen LogP contribution < -0.4 is 0 Å². The summed E-state index contributed by atoms with van der Waals surface area (Å²) in [4.78, 5) is 14.1. The van der Waals surface area contributed by atoms with Crippen LogP contribution in [0.5, 0.6) is 0 Å². The third-order valence-electron chi connectivity index (χ3n) is 5.61. The lowest BCUT2D eigenvalue weighted by Crippen LogP contribution is -2.45. The minimum atomic E-state index is -0.690. The zero-order valence-corrected chi connectivity index (χ0v) is 13.0. The van der Waals surface area contributed by atoms with Gasteiger partial charge >= 0.3 is 5.97 Å². The maximum Gasteiger partial charge on any atom is 0.312 e. The van der Waals surface area contributed by atoms with Gasteiger partial charge in [0.25, 0.3) is 0 Å². The number of aliphatic carboxylic acids is 1. The van der Waals surface area contributed by atoms with E-state index in [0.717, 1.165) is 23.9 Å². The number of hydrogen-bond acceptors (Lipinski definition) is 2. The topological polar surface area (TPSA) is 40.5 Å². The van der Waals surface area contributed by atoms with E-state index in [2.05, 4.69) is 24.8 Å². The number of fused-ring (bicyclic) bond motifs is 1. The molecule has 0 saturated heterocycles. The van der Waals surface area contributed by atoms with Crippen LogP contribution in [0.2, 0.25) is 0 Å². The average molecular weight is 287 g/mol. The zero-order valence-electron chi connectivity index (χ0n) is 13.0. The monoisotopic (exact) mass is 287 g/mol. The SMILES string of the molecule is CC1CCC(N2Cc3ccccc3C(C(=O)O)C2)CC1C. The van der Waals surface area contributed by atoms with Gasteiger partial charge in [0.05, 0.1) is 5.92 Å². The molecular formula is C18H25NO2. The maximum absolute atomic E-state index is 11.6. The van der Waals surface area contributed by atoms with E-state index < -0.39 is 5.97 Å². The molecule has 0 radical (unpaired) electrons. The first-order valence-electron chi connectivity index (χ1n) is 8.11. The Bertz CT molecular complexity index is 528. The summed E-state index contributed by atoms with van der Waals surface area (Å²) in [6, 6.07) is 8.59. The van der Waals surface area contributed by atoms with E-state index in [1.165, 1.54) is 24.8 Å². The molecule has 21 heavy (non-hydrogen) atoms. The van der Waals surface area contributed by atoms with E-state index in [-0.39, 0.29) is 5.92 Å². The van der Waals surface area contributed by atoms with E-state index in [1.54, 1.807) is 0 Å². The second-order valence-corrected chi connectivity index (χ2v) is 6.94. The highest BCUT2D eigenvalue weighted by atomic mass is 16.4. The van der Waals surface area contributed by atoms with Gasteiger partial charge in [0.1, 0.15) is 0 Å². The van der Waals surface area contributed by atoms with Gasteiger partial charge in [-0.25, -0.2) is 0 Å². The standard InChI is InChI=1S/C18H25NO2/c1-12-7-8-15(9-13(12)2)19-10-14-5-3-4-6-16(14)17(11-19)18(20)21/h3-6,12-13,15,17H,7-11H2,1-2H3,(H,20,21). The van der Waals surface area contributed by atoms with Gasteiger partial charge in [-0.3, -0.25) is 9.69 Å². The van der Waals surface area contributed by atoms with Crippen molar-refractivity contribution in [1.82, 2.24) is 4.90 Å². The molecule has 1 aromatic rings. The van der Waals surface area contributed by atoms with E-state index in [0.29, 0.717) is 12.6 Å². The molecule has 1 saturated carbocycles. The highest BCUT2D eigenvalue weighted by molar-refractivity contribution is 5.77. The molecule has 1 heterocycles. The molecule has 4 atom stereocenters. The molecular weight excluding hydrogens is 262 g/mol. The molecule has 3 nitrogen and oxygen atoms in total. The van der Waals surface area contributed by atoms with Crippen molar-refractivity contribution in [2.24, 2.45) is 11.8 Å². The van der Waals surface area contributed by atoms with Crippen molar-refractivity contribution < 1.29 is 9.90 Å². The maximum atomic E-state index is 11.6. The van der Waals surface area contributed by atoms with Crippen molar-refractivity contribution in [3.63, 3.8) is 0 Å². The fourth-order valence-electron chi connectivity index (χ4n) is 3.97. The second-order valence-electron chi connectivity index (χ2n) is 6.94. The number of benzene rings is 1. The molecule has 1 fully saturated rings. The Morgan fingerprint density at radius 2 is 1.95 bits per heavy atom. The van der Waals surface area contributed by atoms with Crippen molar-refractivity contribution in [3.8, 4) is 0 Å². The van der Waals surface area contributed by atoms with Crippen LogP contribution in [0.4, 0.5) is 0 Å². The lowest BCUT2D eigenvalue weighted by molar-refractivity contribution is -0.140. The molecule has 1 aliphatic heterocycles. The minimum Gasteiger partial charge on any atom is -0.481 e. The molecule has 0 spiro atoms. The molecule has 1 aromatic carbocycles. The average Bonchev–Trinajstić information content (AvgIpc) is 2.48. The smallest absolute Gasteiger partial charge is 0.312 e. The van der Waals surface area contributed by atoms with Gasteiger partial charge in [0.2, 0.25) is 0 Å². The Kier molecular flexibility index (Phi) is 4.03. The van der Waals surface area contributed by atoms with Crippen molar-refractivity contribution in [1.29, 1.82) is 0 Å². The van der Waals surface area contributed by atoms with Crippen molar-refractivity contribution >= 4 is 5.97 Å².